The average Bonchev–Trinajstić information content (AvgIpc) is 2.77. The van der Waals surface area contributed by atoms with Crippen molar-refractivity contribution >= 4 is 5.91 Å². The van der Waals surface area contributed by atoms with Gasteiger partial charge in [-0.3, -0.25) is 4.79 Å². The van der Waals surface area contributed by atoms with E-state index >= 15 is 0 Å². The minimum absolute atomic E-state index is 0.0929. The molecule has 0 aromatic carbocycles. The first-order valence-corrected chi connectivity index (χ1v) is 5.62. The lowest BCUT2D eigenvalue weighted by Gasteiger charge is -2.12. The van der Waals surface area contributed by atoms with Crippen LogP contribution >= 0.6 is 0 Å². The Morgan fingerprint density at radius 1 is 1.65 bits per heavy atom. The monoisotopic (exact) mass is 235 g/mol. The van der Waals surface area contributed by atoms with E-state index in [1.54, 1.807) is 6.07 Å². The highest BCUT2D eigenvalue weighted by Gasteiger charge is 2.11. The summed E-state index contributed by atoms with van der Waals surface area (Å²) in [5.74, 6) is -0.0929. The van der Waals surface area contributed by atoms with Crippen LogP contribution in [-0.2, 0) is 0 Å². The zero-order chi connectivity index (χ0) is 12.7. The van der Waals surface area contributed by atoms with Gasteiger partial charge in [0.05, 0.1) is 0 Å². The Morgan fingerprint density at radius 2 is 2.41 bits per heavy atom. The first kappa shape index (κ1) is 13.1. The summed E-state index contributed by atoms with van der Waals surface area (Å²) in [6.45, 7) is 4.97. The van der Waals surface area contributed by atoms with E-state index < -0.39 is 0 Å². The Hall–Kier alpha value is -1.94. The quantitative estimate of drug-likeness (QED) is 0.349. The molecule has 1 amide bonds. The SMILES string of the molecule is CC(C)n1cccc1C(=O)NCCCN=[N+]=[N-]. The summed E-state index contributed by atoms with van der Waals surface area (Å²) < 4.78 is 1.92. The maximum absolute atomic E-state index is 11.8. The molecule has 0 bridgehead atoms. The van der Waals surface area contributed by atoms with Gasteiger partial charge in [-0.1, -0.05) is 5.11 Å². The molecule has 0 unspecified atom stereocenters. The van der Waals surface area contributed by atoms with Crippen molar-refractivity contribution in [3.8, 4) is 0 Å². The highest BCUT2D eigenvalue weighted by Crippen LogP contribution is 2.10. The molecule has 0 aliphatic carbocycles. The van der Waals surface area contributed by atoms with E-state index in [1.165, 1.54) is 0 Å². The highest BCUT2D eigenvalue weighted by molar-refractivity contribution is 5.92. The number of aromatic nitrogens is 1. The van der Waals surface area contributed by atoms with Gasteiger partial charge in [-0.2, -0.15) is 0 Å². The Balaban J connectivity index is 2.47. The van der Waals surface area contributed by atoms with Crippen LogP contribution in [0.15, 0.2) is 23.4 Å². The molecule has 0 saturated carbocycles. The minimum Gasteiger partial charge on any atom is -0.351 e. The third kappa shape index (κ3) is 3.85. The number of hydrogen-bond donors (Lipinski definition) is 1. The summed E-state index contributed by atoms with van der Waals surface area (Å²) in [6.07, 6.45) is 2.54. The molecule has 1 N–H and O–H groups in total. The second kappa shape index (κ2) is 6.60. The summed E-state index contributed by atoms with van der Waals surface area (Å²) in [7, 11) is 0. The fraction of sp³-hybridized carbons (Fsp3) is 0.545. The van der Waals surface area contributed by atoms with Crippen LogP contribution in [0.1, 0.15) is 36.8 Å². The summed E-state index contributed by atoms with van der Waals surface area (Å²) in [5, 5.41) is 6.20. The van der Waals surface area contributed by atoms with Gasteiger partial charge in [-0.25, -0.2) is 0 Å². The molecule has 92 valence electrons. The van der Waals surface area contributed by atoms with Crippen molar-refractivity contribution in [2.75, 3.05) is 13.1 Å². The van der Waals surface area contributed by atoms with Crippen LogP contribution in [0.2, 0.25) is 0 Å². The number of nitrogens with zero attached hydrogens (tertiary/aromatic N) is 4. The van der Waals surface area contributed by atoms with Gasteiger partial charge in [0, 0.05) is 30.2 Å². The van der Waals surface area contributed by atoms with Crippen molar-refractivity contribution < 1.29 is 4.79 Å². The van der Waals surface area contributed by atoms with Crippen molar-refractivity contribution in [2.24, 2.45) is 5.11 Å². The molecule has 17 heavy (non-hydrogen) atoms. The molecule has 0 spiro atoms. The molecule has 1 rings (SSSR count). The third-order valence-electron chi connectivity index (χ3n) is 2.35. The largest absolute Gasteiger partial charge is 0.351 e. The Kier molecular flexibility index (Phi) is 5.10. The molecule has 0 fully saturated rings. The van der Waals surface area contributed by atoms with Gasteiger partial charge in [0.1, 0.15) is 5.69 Å². The van der Waals surface area contributed by atoms with E-state index in [0.717, 1.165) is 0 Å². The van der Waals surface area contributed by atoms with Crippen LogP contribution in [0.5, 0.6) is 0 Å². The summed E-state index contributed by atoms with van der Waals surface area (Å²) in [4.78, 5) is 14.5. The molecule has 1 aromatic rings. The lowest BCUT2D eigenvalue weighted by Crippen LogP contribution is -2.27. The van der Waals surface area contributed by atoms with Crippen LogP contribution in [0.4, 0.5) is 0 Å². The van der Waals surface area contributed by atoms with Crippen LogP contribution in [0.25, 0.3) is 10.4 Å². The normalized spacial score (nSPS) is 10.1. The zero-order valence-corrected chi connectivity index (χ0v) is 10.1. The molecule has 6 nitrogen and oxygen atoms in total. The Labute approximate surface area is 100 Å². The van der Waals surface area contributed by atoms with Gasteiger partial charge in [-0.05, 0) is 37.9 Å². The molecule has 0 aliphatic heterocycles. The lowest BCUT2D eigenvalue weighted by molar-refractivity contribution is 0.0942. The van der Waals surface area contributed by atoms with Crippen molar-refractivity contribution in [1.29, 1.82) is 0 Å². The molecule has 1 aromatic heterocycles. The van der Waals surface area contributed by atoms with E-state index in [-0.39, 0.29) is 11.9 Å². The number of nitrogens with one attached hydrogen (secondary N) is 1. The third-order valence-corrected chi connectivity index (χ3v) is 2.35. The topological polar surface area (TPSA) is 82.8 Å². The Morgan fingerprint density at radius 3 is 3.06 bits per heavy atom. The minimum atomic E-state index is -0.0929. The van der Waals surface area contributed by atoms with Crippen molar-refractivity contribution in [1.82, 2.24) is 9.88 Å². The molecule has 0 aliphatic rings. The number of rotatable bonds is 6. The van der Waals surface area contributed by atoms with Crippen LogP contribution in [0.3, 0.4) is 0 Å². The average molecular weight is 235 g/mol. The van der Waals surface area contributed by atoms with Gasteiger partial charge < -0.3 is 9.88 Å². The number of amides is 1. The Bertz CT molecular complexity index is 417. The maximum Gasteiger partial charge on any atom is 0.267 e. The van der Waals surface area contributed by atoms with Gasteiger partial charge >= 0.3 is 0 Å². The summed E-state index contributed by atoms with van der Waals surface area (Å²) in [5.41, 5.74) is 8.75. The van der Waals surface area contributed by atoms with E-state index in [0.29, 0.717) is 25.2 Å². The predicted molar refractivity (Wildman–Crippen MR) is 65.8 cm³/mol. The molecular formula is C11H17N5O. The van der Waals surface area contributed by atoms with Crippen molar-refractivity contribution in [2.45, 2.75) is 26.3 Å². The molecule has 0 saturated heterocycles. The van der Waals surface area contributed by atoms with Crippen LogP contribution in [-0.4, -0.2) is 23.6 Å². The smallest absolute Gasteiger partial charge is 0.267 e. The molecule has 0 atom stereocenters. The van der Waals surface area contributed by atoms with Crippen molar-refractivity contribution in [3.63, 3.8) is 0 Å². The van der Waals surface area contributed by atoms with E-state index in [4.69, 9.17) is 5.53 Å². The molecule has 6 heteroatoms. The highest BCUT2D eigenvalue weighted by atomic mass is 16.1. The number of hydrogen-bond acceptors (Lipinski definition) is 2. The van der Waals surface area contributed by atoms with Gasteiger partial charge in [0.2, 0.25) is 0 Å². The lowest BCUT2D eigenvalue weighted by atomic mass is 10.3. The molecule has 0 radical (unpaired) electrons. The molecular weight excluding hydrogens is 218 g/mol. The second-order valence-corrected chi connectivity index (χ2v) is 3.96. The zero-order valence-electron chi connectivity index (χ0n) is 10.1. The van der Waals surface area contributed by atoms with Crippen LogP contribution < -0.4 is 5.32 Å². The number of azide groups is 1. The van der Waals surface area contributed by atoms with Crippen molar-refractivity contribution in [3.05, 3.63) is 34.5 Å². The fourth-order valence-electron chi connectivity index (χ4n) is 1.52. The van der Waals surface area contributed by atoms with Gasteiger partial charge in [0.15, 0.2) is 0 Å². The van der Waals surface area contributed by atoms with E-state index in [2.05, 4.69) is 15.3 Å². The molecule has 1 heterocycles. The van der Waals surface area contributed by atoms with Crippen LogP contribution in [0, 0.1) is 0 Å². The van der Waals surface area contributed by atoms with Gasteiger partial charge in [0.25, 0.3) is 5.91 Å². The first-order valence-electron chi connectivity index (χ1n) is 5.62. The van der Waals surface area contributed by atoms with Gasteiger partial charge in [-0.15, -0.1) is 0 Å². The number of carbonyl (C=O) groups excluding carboxylic acids is 1. The number of carbonyl (C=O) groups is 1. The predicted octanol–water partition coefficient (Wildman–Crippen LogP) is 2.50. The summed E-state index contributed by atoms with van der Waals surface area (Å²) in [6, 6.07) is 3.91. The second-order valence-electron chi connectivity index (χ2n) is 3.96. The van der Waals surface area contributed by atoms with E-state index in [1.807, 2.05) is 30.7 Å². The van der Waals surface area contributed by atoms with E-state index in [9.17, 15) is 4.79 Å². The fourth-order valence-corrected chi connectivity index (χ4v) is 1.52. The standard InChI is InChI=1S/C11H17N5O/c1-9(2)16-8-3-5-10(16)11(17)13-6-4-7-14-15-12/h3,5,8-9H,4,6-7H2,1-2H3,(H,13,17). The maximum atomic E-state index is 11.8. The summed E-state index contributed by atoms with van der Waals surface area (Å²) >= 11 is 0. The first-order chi connectivity index (χ1) is 8.16.